The minimum absolute atomic E-state index is 0.00992. The lowest BCUT2D eigenvalue weighted by atomic mass is 10.0. The van der Waals surface area contributed by atoms with Crippen LogP contribution in [0.15, 0.2) is 36.4 Å². The molecule has 1 N–H and O–H groups in total. The summed E-state index contributed by atoms with van der Waals surface area (Å²) in [5.74, 6) is 0.0155. The van der Waals surface area contributed by atoms with Crippen molar-refractivity contribution in [2.75, 3.05) is 33.4 Å². The first kappa shape index (κ1) is 22.6. The van der Waals surface area contributed by atoms with E-state index in [1.54, 1.807) is 6.92 Å². The molecule has 8 heteroatoms. The molecule has 8 nitrogen and oxygen atoms in total. The van der Waals surface area contributed by atoms with E-state index in [0.717, 1.165) is 31.5 Å². The number of likely N-dealkylation sites (tertiary alicyclic amines) is 1. The van der Waals surface area contributed by atoms with Gasteiger partial charge in [0.15, 0.2) is 11.5 Å². The molecule has 1 atom stereocenters. The second-order valence-electron chi connectivity index (χ2n) is 7.59. The molecule has 1 heterocycles. The van der Waals surface area contributed by atoms with Crippen LogP contribution < -0.4 is 14.8 Å². The van der Waals surface area contributed by atoms with Crippen molar-refractivity contribution in [3.05, 3.63) is 63.2 Å². The zero-order chi connectivity index (χ0) is 22.4. The molecule has 1 saturated heterocycles. The number of nitrogens with one attached hydrogen (secondary N) is 1. The van der Waals surface area contributed by atoms with E-state index >= 15 is 0 Å². The fourth-order valence-electron chi connectivity index (χ4n) is 3.89. The number of nitro benzene ring substituents is 1. The summed E-state index contributed by atoms with van der Waals surface area (Å²) in [6.45, 7) is 6.46. The number of aryl methyl sites for hydroxylation is 1. The number of carbonyl (C=O) groups excluding carboxylic acids is 1. The van der Waals surface area contributed by atoms with Gasteiger partial charge in [-0.15, -0.1) is 0 Å². The third-order valence-corrected chi connectivity index (χ3v) is 5.52. The van der Waals surface area contributed by atoms with Crippen LogP contribution in [-0.4, -0.2) is 49.1 Å². The van der Waals surface area contributed by atoms with Crippen LogP contribution in [0, 0.1) is 17.0 Å². The number of hydrogen-bond donors (Lipinski definition) is 1. The van der Waals surface area contributed by atoms with Gasteiger partial charge in [0, 0.05) is 12.6 Å². The lowest BCUT2D eigenvalue weighted by Gasteiger charge is -2.28. The van der Waals surface area contributed by atoms with Crippen LogP contribution >= 0.6 is 0 Å². The van der Waals surface area contributed by atoms with E-state index in [4.69, 9.17) is 9.47 Å². The van der Waals surface area contributed by atoms with E-state index in [1.165, 1.54) is 24.8 Å². The van der Waals surface area contributed by atoms with Gasteiger partial charge in [-0.25, -0.2) is 0 Å². The molecule has 31 heavy (non-hydrogen) atoms. The largest absolute Gasteiger partial charge is 0.493 e. The molecule has 3 rings (SSSR count). The summed E-state index contributed by atoms with van der Waals surface area (Å²) in [5.41, 5.74) is 1.93. The fourth-order valence-corrected chi connectivity index (χ4v) is 3.89. The number of ether oxygens (including phenoxy) is 2. The molecule has 0 saturated carbocycles. The average Bonchev–Trinajstić information content (AvgIpc) is 3.29. The van der Waals surface area contributed by atoms with E-state index < -0.39 is 10.8 Å². The van der Waals surface area contributed by atoms with Crippen molar-refractivity contribution in [1.29, 1.82) is 0 Å². The highest BCUT2D eigenvalue weighted by Gasteiger charge is 2.27. The molecule has 2 aromatic rings. The lowest BCUT2D eigenvalue weighted by Crippen LogP contribution is -2.37. The molecular weight excluding hydrogens is 398 g/mol. The Bertz CT molecular complexity index is 924. The maximum absolute atomic E-state index is 13.0. The van der Waals surface area contributed by atoms with Gasteiger partial charge < -0.3 is 14.8 Å². The van der Waals surface area contributed by atoms with Gasteiger partial charge in [0.1, 0.15) is 5.56 Å². The number of benzene rings is 2. The summed E-state index contributed by atoms with van der Waals surface area (Å²) in [6, 6.07) is 10.9. The normalized spacial score (nSPS) is 14.8. The van der Waals surface area contributed by atoms with Crippen molar-refractivity contribution < 1.29 is 19.2 Å². The van der Waals surface area contributed by atoms with Crippen LogP contribution in [0.4, 0.5) is 5.69 Å². The van der Waals surface area contributed by atoms with Crippen molar-refractivity contribution in [2.24, 2.45) is 0 Å². The van der Waals surface area contributed by atoms with Crippen LogP contribution in [0.1, 0.15) is 47.3 Å². The summed E-state index contributed by atoms with van der Waals surface area (Å²) < 4.78 is 10.7. The van der Waals surface area contributed by atoms with E-state index in [1.807, 2.05) is 6.92 Å². The molecule has 0 aromatic heterocycles. The Morgan fingerprint density at radius 2 is 1.87 bits per heavy atom. The Labute approximate surface area is 182 Å². The number of hydrogen-bond acceptors (Lipinski definition) is 6. The maximum atomic E-state index is 13.0. The Morgan fingerprint density at radius 3 is 2.45 bits per heavy atom. The lowest BCUT2D eigenvalue weighted by molar-refractivity contribution is -0.385. The highest BCUT2D eigenvalue weighted by atomic mass is 16.6. The molecule has 1 fully saturated rings. The number of nitro groups is 1. The summed E-state index contributed by atoms with van der Waals surface area (Å²) in [6.07, 6.45) is 2.25. The third kappa shape index (κ3) is 5.32. The third-order valence-electron chi connectivity index (χ3n) is 5.52. The van der Waals surface area contributed by atoms with Crippen LogP contribution in [0.5, 0.6) is 11.5 Å². The van der Waals surface area contributed by atoms with Crippen LogP contribution in [0.3, 0.4) is 0 Å². The summed E-state index contributed by atoms with van der Waals surface area (Å²) >= 11 is 0. The van der Waals surface area contributed by atoms with Gasteiger partial charge in [-0.05, 0) is 45.3 Å². The molecular formula is C23H29N3O5. The second kappa shape index (κ2) is 10.3. The Kier molecular flexibility index (Phi) is 7.46. The van der Waals surface area contributed by atoms with E-state index in [9.17, 15) is 14.9 Å². The number of nitrogens with zero attached hydrogens (tertiary/aromatic N) is 2. The first-order chi connectivity index (χ1) is 14.9. The Morgan fingerprint density at radius 1 is 1.19 bits per heavy atom. The quantitative estimate of drug-likeness (QED) is 0.482. The molecule has 0 aliphatic carbocycles. The predicted molar refractivity (Wildman–Crippen MR) is 118 cm³/mol. The molecule has 1 amide bonds. The van der Waals surface area contributed by atoms with Gasteiger partial charge in [0.25, 0.3) is 11.6 Å². The fraction of sp³-hybridized carbons (Fsp3) is 0.435. The predicted octanol–water partition coefficient (Wildman–Crippen LogP) is 3.88. The standard InChI is InChI=1S/C23H29N3O5/c1-4-31-22-13-18(19(26(28)29)14-21(22)30-3)23(27)24-15-20(25-11-5-6-12-25)17-9-7-16(2)8-10-17/h7-10,13-14,20H,4-6,11-12,15H2,1-3H3,(H,24,27). The molecule has 0 spiro atoms. The van der Waals surface area contributed by atoms with Crippen LogP contribution in [0.2, 0.25) is 0 Å². The van der Waals surface area contributed by atoms with Crippen molar-refractivity contribution >= 4 is 11.6 Å². The number of amides is 1. The van der Waals surface area contributed by atoms with Gasteiger partial charge in [-0.2, -0.15) is 0 Å². The second-order valence-corrected chi connectivity index (χ2v) is 7.59. The summed E-state index contributed by atoms with van der Waals surface area (Å²) in [4.78, 5) is 26.4. The first-order valence-electron chi connectivity index (χ1n) is 10.5. The van der Waals surface area contributed by atoms with Gasteiger partial charge >= 0.3 is 0 Å². The minimum Gasteiger partial charge on any atom is -0.493 e. The van der Waals surface area contributed by atoms with Crippen LogP contribution in [-0.2, 0) is 0 Å². The molecule has 2 aromatic carbocycles. The van der Waals surface area contributed by atoms with Crippen LogP contribution in [0.25, 0.3) is 0 Å². The molecule has 166 valence electrons. The van der Waals surface area contributed by atoms with Gasteiger partial charge in [-0.1, -0.05) is 29.8 Å². The maximum Gasteiger partial charge on any atom is 0.286 e. The summed E-state index contributed by atoms with van der Waals surface area (Å²) in [7, 11) is 1.41. The average molecular weight is 428 g/mol. The summed E-state index contributed by atoms with van der Waals surface area (Å²) in [5, 5.41) is 14.5. The number of rotatable bonds is 9. The SMILES string of the molecule is CCOc1cc(C(=O)NCC(c2ccc(C)cc2)N2CCCC2)c([N+](=O)[O-])cc1OC. The molecule has 1 aliphatic rings. The van der Waals surface area contributed by atoms with E-state index in [0.29, 0.717) is 18.9 Å². The monoisotopic (exact) mass is 427 g/mol. The van der Waals surface area contributed by atoms with Crippen molar-refractivity contribution in [3.8, 4) is 11.5 Å². The van der Waals surface area contributed by atoms with E-state index in [-0.39, 0.29) is 23.0 Å². The van der Waals surface area contributed by atoms with Gasteiger partial charge in [-0.3, -0.25) is 19.8 Å². The van der Waals surface area contributed by atoms with Crippen molar-refractivity contribution in [2.45, 2.75) is 32.7 Å². The van der Waals surface area contributed by atoms with Gasteiger partial charge in [0.05, 0.1) is 30.7 Å². The highest BCUT2D eigenvalue weighted by Crippen LogP contribution is 2.35. The van der Waals surface area contributed by atoms with E-state index in [2.05, 4.69) is 34.5 Å². The molecule has 0 radical (unpaired) electrons. The topological polar surface area (TPSA) is 93.9 Å². The van der Waals surface area contributed by atoms with Gasteiger partial charge in [0.2, 0.25) is 0 Å². The Hall–Kier alpha value is -3.13. The molecule has 1 unspecified atom stereocenters. The molecule has 1 aliphatic heterocycles. The number of methoxy groups -OCH3 is 1. The zero-order valence-electron chi connectivity index (χ0n) is 18.2. The highest BCUT2D eigenvalue weighted by molar-refractivity contribution is 5.99. The van der Waals surface area contributed by atoms with Crippen molar-refractivity contribution in [3.63, 3.8) is 0 Å². The minimum atomic E-state index is -0.578. The molecule has 0 bridgehead atoms. The smallest absolute Gasteiger partial charge is 0.286 e. The van der Waals surface area contributed by atoms with Crippen molar-refractivity contribution in [1.82, 2.24) is 10.2 Å². The zero-order valence-corrected chi connectivity index (χ0v) is 18.2. The first-order valence-corrected chi connectivity index (χ1v) is 10.5. The number of carbonyl (C=O) groups is 1. The Balaban J connectivity index is 1.85.